The number of nitrogens with zero attached hydrogens (tertiary/aromatic N) is 1. The first-order valence-corrected chi connectivity index (χ1v) is 7.06. The van der Waals surface area contributed by atoms with Crippen LogP contribution in [0, 0.1) is 0 Å². The highest BCUT2D eigenvalue weighted by Crippen LogP contribution is 2.27. The monoisotopic (exact) mass is 297 g/mol. The molecule has 0 saturated heterocycles. The maximum absolute atomic E-state index is 12.1. The molecule has 2 rings (SSSR count). The molecule has 0 heterocycles. The lowest BCUT2D eigenvalue weighted by molar-refractivity contribution is -0.117. The van der Waals surface area contributed by atoms with Crippen molar-refractivity contribution in [3.05, 3.63) is 23.2 Å². The van der Waals surface area contributed by atoms with E-state index in [1.54, 1.807) is 25.3 Å². The Labute approximate surface area is 124 Å². The molecule has 20 heavy (non-hydrogen) atoms. The Morgan fingerprint density at radius 3 is 2.90 bits per heavy atom. The third-order valence-electron chi connectivity index (χ3n) is 3.28. The van der Waals surface area contributed by atoms with Gasteiger partial charge in [0.25, 0.3) is 0 Å². The maximum Gasteiger partial charge on any atom is 0.238 e. The average Bonchev–Trinajstić information content (AvgIpc) is 3.22. The first-order valence-electron chi connectivity index (χ1n) is 6.68. The number of benzene rings is 1. The van der Waals surface area contributed by atoms with Crippen LogP contribution in [0.1, 0.15) is 12.8 Å². The summed E-state index contributed by atoms with van der Waals surface area (Å²) >= 11 is 5.83. The largest absolute Gasteiger partial charge is 0.397 e. The fourth-order valence-electron chi connectivity index (χ4n) is 2.06. The number of hydrogen-bond acceptors (Lipinski definition) is 4. The van der Waals surface area contributed by atoms with Crippen LogP contribution < -0.4 is 11.1 Å². The Morgan fingerprint density at radius 1 is 1.55 bits per heavy atom. The van der Waals surface area contributed by atoms with E-state index in [1.165, 1.54) is 0 Å². The van der Waals surface area contributed by atoms with E-state index < -0.39 is 0 Å². The van der Waals surface area contributed by atoms with Crippen molar-refractivity contribution in [2.24, 2.45) is 0 Å². The minimum atomic E-state index is -0.0676. The van der Waals surface area contributed by atoms with Gasteiger partial charge in [0.1, 0.15) is 0 Å². The highest BCUT2D eigenvalue weighted by molar-refractivity contribution is 6.31. The lowest BCUT2D eigenvalue weighted by Gasteiger charge is -2.21. The molecule has 5 nitrogen and oxygen atoms in total. The molecule has 0 spiro atoms. The van der Waals surface area contributed by atoms with Gasteiger partial charge in [0, 0.05) is 24.7 Å². The maximum atomic E-state index is 12.1. The van der Waals surface area contributed by atoms with Crippen molar-refractivity contribution < 1.29 is 9.53 Å². The molecule has 1 aromatic rings. The van der Waals surface area contributed by atoms with Crippen LogP contribution in [0.2, 0.25) is 5.02 Å². The molecule has 1 aliphatic carbocycles. The number of nitrogens with two attached hydrogens (primary N) is 1. The molecule has 0 bridgehead atoms. The van der Waals surface area contributed by atoms with E-state index in [-0.39, 0.29) is 5.91 Å². The van der Waals surface area contributed by atoms with Crippen molar-refractivity contribution in [2.75, 3.05) is 37.9 Å². The number of ether oxygens (including phenoxy) is 1. The van der Waals surface area contributed by atoms with Gasteiger partial charge >= 0.3 is 0 Å². The van der Waals surface area contributed by atoms with Crippen molar-refractivity contribution in [3.8, 4) is 0 Å². The van der Waals surface area contributed by atoms with Crippen molar-refractivity contribution in [1.82, 2.24) is 4.90 Å². The quantitative estimate of drug-likeness (QED) is 0.755. The van der Waals surface area contributed by atoms with Gasteiger partial charge < -0.3 is 15.8 Å². The second-order valence-corrected chi connectivity index (χ2v) is 5.41. The number of halogens is 1. The summed E-state index contributed by atoms with van der Waals surface area (Å²) in [7, 11) is 1.67. The highest BCUT2D eigenvalue weighted by Gasteiger charge is 2.29. The third-order valence-corrected chi connectivity index (χ3v) is 3.52. The van der Waals surface area contributed by atoms with E-state index in [4.69, 9.17) is 22.1 Å². The Hall–Kier alpha value is -1.30. The van der Waals surface area contributed by atoms with Gasteiger partial charge in [-0.3, -0.25) is 9.69 Å². The van der Waals surface area contributed by atoms with Gasteiger partial charge in [0.15, 0.2) is 0 Å². The van der Waals surface area contributed by atoms with Gasteiger partial charge in [-0.2, -0.15) is 0 Å². The summed E-state index contributed by atoms with van der Waals surface area (Å²) in [4.78, 5) is 14.2. The summed E-state index contributed by atoms with van der Waals surface area (Å²) in [6.07, 6.45) is 2.31. The second-order valence-electron chi connectivity index (χ2n) is 4.97. The molecule has 1 amide bonds. The van der Waals surface area contributed by atoms with Gasteiger partial charge in [0.2, 0.25) is 5.91 Å². The average molecular weight is 298 g/mol. The van der Waals surface area contributed by atoms with E-state index in [1.807, 2.05) is 0 Å². The van der Waals surface area contributed by atoms with Crippen LogP contribution in [-0.2, 0) is 9.53 Å². The van der Waals surface area contributed by atoms with Crippen LogP contribution >= 0.6 is 11.6 Å². The number of amides is 1. The van der Waals surface area contributed by atoms with Crippen molar-refractivity contribution in [3.63, 3.8) is 0 Å². The summed E-state index contributed by atoms with van der Waals surface area (Å²) in [5.41, 5.74) is 6.89. The Balaban J connectivity index is 1.90. The summed E-state index contributed by atoms with van der Waals surface area (Å²) in [6, 6.07) is 5.56. The molecule has 0 radical (unpaired) electrons. The Bertz CT molecular complexity index is 477. The van der Waals surface area contributed by atoms with E-state index in [2.05, 4.69) is 10.2 Å². The SMILES string of the molecule is COCCN(CC(=O)Nc1ccc(Cl)cc1N)C1CC1. The standard InChI is InChI=1S/C14H20ClN3O2/c1-20-7-6-18(11-3-4-11)9-14(19)17-13-5-2-10(15)8-12(13)16/h2,5,8,11H,3-4,6-7,9,16H2,1H3,(H,17,19). The normalized spacial score (nSPS) is 14.6. The number of carbonyl (C=O) groups excluding carboxylic acids is 1. The molecule has 110 valence electrons. The molecule has 0 atom stereocenters. The predicted molar refractivity (Wildman–Crippen MR) is 81.0 cm³/mol. The molecule has 0 aromatic heterocycles. The minimum absolute atomic E-state index is 0.0676. The van der Waals surface area contributed by atoms with Crippen LogP contribution in [0.4, 0.5) is 11.4 Å². The van der Waals surface area contributed by atoms with Crippen LogP contribution in [0.5, 0.6) is 0 Å². The topological polar surface area (TPSA) is 67.6 Å². The van der Waals surface area contributed by atoms with Crippen LogP contribution in [0.3, 0.4) is 0 Å². The Morgan fingerprint density at radius 2 is 2.30 bits per heavy atom. The fraction of sp³-hybridized carbons (Fsp3) is 0.500. The summed E-state index contributed by atoms with van der Waals surface area (Å²) in [6.45, 7) is 1.76. The summed E-state index contributed by atoms with van der Waals surface area (Å²) in [5.74, 6) is -0.0676. The van der Waals surface area contributed by atoms with E-state index in [0.717, 1.165) is 19.4 Å². The van der Waals surface area contributed by atoms with Crippen molar-refractivity contribution in [2.45, 2.75) is 18.9 Å². The fourth-order valence-corrected chi connectivity index (χ4v) is 2.24. The van der Waals surface area contributed by atoms with E-state index >= 15 is 0 Å². The van der Waals surface area contributed by atoms with Crippen molar-refractivity contribution >= 4 is 28.9 Å². The molecule has 1 saturated carbocycles. The first kappa shape index (κ1) is 15.1. The lowest BCUT2D eigenvalue weighted by Crippen LogP contribution is -2.37. The van der Waals surface area contributed by atoms with Gasteiger partial charge in [0.05, 0.1) is 24.5 Å². The zero-order valence-electron chi connectivity index (χ0n) is 11.6. The van der Waals surface area contributed by atoms with Crippen molar-refractivity contribution in [1.29, 1.82) is 0 Å². The smallest absolute Gasteiger partial charge is 0.238 e. The second kappa shape index (κ2) is 6.92. The highest BCUT2D eigenvalue weighted by atomic mass is 35.5. The van der Waals surface area contributed by atoms with Gasteiger partial charge in [-0.25, -0.2) is 0 Å². The molecule has 0 aliphatic heterocycles. The molecular formula is C14H20ClN3O2. The molecular weight excluding hydrogens is 278 g/mol. The predicted octanol–water partition coefficient (Wildman–Crippen LogP) is 1.97. The zero-order chi connectivity index (χ0) is 14.5. The minimum Gasteiger partial charge on any atom is -0.397 e. The first-order chi connectivity index (χ1) is 9.60. The lowest BCUT2D eigenvalue weighted by atomic mass is 10.2. The number of nitrogen functional groups attached to an aromatic ring is 1. The number of carbonyl (C=O) groups is 1. The molecule has 1 aliphatic rings. The number of methoxy groups -OCH3 is 1. The van der Waals surface area contributed by atoms with Gasteiger partial charge in [-0.1, -0.05) is 11.6 Å². The molecule has 3 N–H and O–H groups in total. The summed E-state index contributed by atoms with van der Waals surface area (Å²) < 4.78 is 5.07. The van der Waals surface area contributed by atoms with Crippen LogP contribution in [-0.4, -0.2) is 43.7 Å². The Kier molecular flexibility index (Phi) is 5.23. The zero-order valence-corrected chi connectivity index (χ0v) is 12.3. The molecule has 0 unspecified atom stereocenters. The van der Waals surface area contributed by atoms with Gasteiger partial charge in [-0.05, 0) is 31.0 Å². The van der Waals surface area contributed by atoms with Gasteiger partial charge in [-0.15, -0.1) is 0 Å². The third kappa shape index (κ3) is 4.37. The number of hydrogen-bond donors (Lipinski definition) is 2. The molecule has 6 heteroatoms. The van der Waals surface area contributed by atoms with Crippen LogP contribution in [0.25, 0.3) is 0 Å². The number of nitrogens with one attached hydrogen (secondary N) is 1. The number of anilines is 2. The number of rotatable bonds is 7. The summed E-state index contributed by atoms with van der Waals surface area (Å²) in [5, 5.41) is 3.38. The van der Waals surface area contributed by atoms with E-state index in [9.17, 15) is 4.79 Å². The van der Waals surface area contributed by atoms with Crippen LogP contribution in [0.15, 0.2) is 18.2 Å². The molecule has 1 fully saturated rings. The van der Waals surface area contributed by atoms with E-state index in [0.29, 0.717) is 35.6 Å². The molecule has 1 aromatic carbocycles.